The van der Waals surface area contributed by atoms with Crippen LogP contribution < -0.4 is 16.6 Å². The number of hydrogen-bond donors (Lipinski definition) is 3. The zero-order chi connectivity index (χ0) is 26.2. The van der Waals surface area contributed by atoms with E-state index < -0.39 is 42.9 Å². The van der Waals surface area contributed by atoms with Crippen LogP contribution in [0, 0.1) is 11.3 Å². The minimum absolute atomic E-state index is 0.0755. The molecule has 3 N–H and O–H groups in total. The van der Waals surface area contributed by atoms with Crippen LogP contribution in [-0.4, -0.2) is 63.9 Å². The topological polar surface area (TPSA) is 175 Å². The maximum absolute atomic E-state index is 12.4. The van der Waals surface area contributed by atoms with Gasteiger partial charge in [-0.3, -0.25) is 28.2 Å². The summed E-state index contributed by atoms with van der Waals surface area (Å²) in [6, 6.07) is 1.21. The van der Waals surface area contributed by atoms with E-state index >= 15 is 0 Å². The molecular formula is C20H32N3O10PS. The number of nitrogens with one attached hydrogen (secondary N) is 2. The molecule has 2 rings (SSSR count). The second-order valence-corrected chi connectivity index (χ2v) is 11.1. The molecule has 0 bridgehead atoms. The number of phosphoric acid groups is 1. The zero-order valence-electron chi connectivity index (χ0n) is 20.1. The van der Waals surface area contributed by atoms with Gasteiger partial charge < -0.3 is 19.7 Å². The Morgan fingerprint density at radius 2 is 2.09 bits per heavy atom. The predicted octanol–water partition coefficient (Wildman–Crippen LogP) is 1.63. The zero-order valence-corrected chi connectivity index (χ0v) is 21.8. The first kappa shape index (κ1) is 29.3. The Labute approximate surface area is 206 Å². The Bertz CT molecular complexity index is 1040. The molecule has 1 aliphatic heterocycles. The molecule has 198 valence electrons. The number of carbonyl (C=O) groups is 2. The van der Waals surface area contributed by atoms with Crippen molar-refractivity contribution < 1.29 is 37.6 Å². The smallest absolute Gasteiger partial charge is 0.450 e. The Balaban J connectivity index is 1.73. The number of alkyl carbamates (subject to hydrolysis) is 1. The van der Waals surface area contributed by atoms with Crippen molar-refractivity contribution in [2.75, 3.05) is 32.1 Å². The SMILES string of the molecule is CCOC(=O)NCC(C)(C)C(=O)SCCOP(=O)(O)OC[C@@H]1C[C@H](C)[C@H](n2ccc(=O)[nH]c2=O)O1. The van der Waals surface area contributed by atoms with Crippen LogP contribution in [0.1, 0.15) is 40.3 Å². The van der Waals surface area contributed by atoms with Crippen molar-refractivity contribution in [3.8, 4) is 0 Å². The lowest BCUT2D eigenvalue weighted by Crippen LogP contribution is -2.38. The van der Waals surface area contributed by atoms with Crippen molar-refractivity contribution in [2.24, 2.45) is 11.3 Å². The summed E-state index contributed by atoms with van der Waals surface area (Å²) in [5.41, 5.74) is -2.01. The molecule has 4 atom stereocenters. The average molecular weight is 538 g/mol. The third kappa shape index (κ3) is 9.21. The summed E-state index contributed by atoms with van der Waals surface area (Å²) in [4.78, 5) is 59.1. The number of ether oxygens (including phenoxy) is 2. The highest BCUT2D eigenvalue weighted by Crippen LogP contribution is 2.45. The van der Waals surface area contributed by atoms with Crippen LogP contribution in [0.2, 0.25) is 0 Å². The number of nitrogens with zero attached hydrogens (tertiary/aromatic N) is 1. The highest BCUT2D eigenvalue weighted by atomic mass is 32.2. The van der Waals surface area contributed by atoms with Gasteiger partial charge in [-0.25, -0.2) is 14.2 Å². The fraction of sp³-hybridized carbons (Fsp3) is 0.700. The summed E-state index contributed by atoms with van der Waals surface area (Å²) >= 11 is 0.907. The van der Waals surface area contributed by atoms with Crippen LogP contribution >= 0.6 is 19.6 Å². The minimum Gasteiger partial charge on any atom is -0.450 e. The molecule has 1 unspecified atom stereocenters. The van der Waals surface area contributed by atoms with Gasteiger partial charge in [-0.2, -0.15) is 0 Å². The molecule has 1 saturated heterocycles. The number of aromatic amines is 1. The first-order valence-corrected chi connectivity index (χ1v) is 13.5. The number of rotatable bonds is 12. The number of hydrogen-bond acceptors (Lipinski definition) is 10. The third-order valence-electron chi connectivity index (χ3n) is 5.08. The van der Waals surface area contributed by atoms with Crippen molar-refractivity contribution in [1.82, 2.24) is 14.9 Å². The fourth-order valence-corrected chi connectivity index (χ4v) is 4.93. The summed E-state index contributed by atoms with van der Waals surface area (Å²) in [6.07, 6.45) is -0.0516. The minimum atomic E-state index is -4.40. The van der Waals surface area contributed by atoms with Gasteiger partial charge in [0.05, 0.1) is 31.3 Å². The molecule has 13 nitrogen and oxygen atoms in total. The number of amides is 1. The molecule has 35 heavy (non-hydrogen) atoms. The molecule has 1 fully saturated rings. The van der Waals surface area contributed by atoms with E-state index in [0.717, 1.165) is 11.8 Å². The third-order valence-corrected chi connectivity index (χ3v) is 7.25. The van der Waals surface area contributed by atoms with E-state index in [1.807, 2.05) is 6.92 Å². The maximum atomic E-state index is 12.4. The van der Waals surface area contributed by atoms with Crippen LogP contribution in [0.15, 0.2) is 21.9 Å². The van der Waals surface area contributed by atoms with E-state index in [-0.39, 0.29) is 43.2 Å². The first-order valence-electron chi connectivity index (χ1n) is 11.0. The molecule has 0 spiro atoms. The molecule has 2 heterocycles. The van der Waals surface area contributed by atoms with Crippen molar-refractivity contribution in [2.45, 2.75) is 46.4 Å². The summed E-state index contributed by atoms with van der Waals surface area (Å²) in [5.74, 6) is -0.0145. The van der Waals surface area contributed by atoms with Crippen LogP contribution in [0.4, 0.5) is 4.79 Å². The van der Waals surface area contributed by atoms with Crippen LogP contribution in [0.5, 0.6) is 0 Å². The molecule has 15 heteroatoms. The normalized spacial score (nSPS) is 21.9. The lowest BCUT2D eigenvalue weighted by atomic mass is 9.96. The van der Waals surface area contributed by atoms with Gasteiger partial charge in [-0.15, -0.1) is 0 Å². The van der Waals surface area contributed by atoms with Gasteiger partial charge in [-0.1, -0.05) is 32.5 Å². The van der Waals surface area contributed by atoms with Crippen LogP contribution in [-0.2, 0) is 27.9 Å². The van der Waals surface area contributed by atoms with Crippen molar-refractivity contribution >= 4 is 30.8 Å². The Morgan fingerprint density at radius 1 is 1.37 bits per heavy atom. The number of carbonyl (C=O) groups excluding carboxylic acids is 2. The van der Waals surface area contributed by atoms with Gasteiger partial charge in [0, 0.05) is 30.5 Å². The summed E-state index contributed by atoms with van der Waals surface area (Å²) < 4.78 is 33.9. The van der Waals surface area contributed by atoms with Crippen molar-refractivity contribution in [3.63, 3.8) is 0 Å². The summed E-state index contributed by atoms with van der Waals surface area (Å²) in [5, 5.41) is 2.27. The lowest BCUT2D eigenvalue weighted by Gasteiger charge is -2.22. The highest BCUT2D eigenvalue weighted by molar-refractivity contribution is 8.13. The molecule has 0 saturated carbocycles. The molecule has 1 aromatic heterocycles. The number of H-pyrrole nitrogens is 1. The van der Waals surface area contributed by atoms with E-state index in [2.05, 4.69) is 10.3 Å². The second-order valence-electron chi connectivity index (χ2n) is 8.57. The van der Waals surface area contributed by atoms with Crippen LogP contribution in [0.3, 0.4) is 0 Å². The number of thioether (sulfide) groups is 1. The van der Waals surface area contributed by atoms with Gasteiger partial charge in [0.1, 0.15) is 6.23 Å². The number of aromatic nitrogens is 2. The highest BCUT2D eigenvalue weighted by Gasteiger charge is 2.36. The Hall–Kier alpha value is -1.96. The van der Waals surface area contributed by atoms with E-state index in [9.17, 15) is 28.6 Å². The fourth-order valence-electron chi connectivity index (χ4n) is 3.24. The average Bonchev–Trinajstić information content (AvgIpc) is 3.14. The van der Waals surface area contributed by atoms with Gasteiger partial charge in [-0.05, 0) is 13.3 Å². The van der Waals surface area contributed by atoms with E-state index in [1.165, 1.54) is 16.8 Å². The monoisotopic (exact) mass is 537 g/mol. The van der Waals surface area contributed by atoms with Crippen molar-refractivity contribution in [3.05, 3.63) is 33.1 Å². The molecule has 1 aromatic rings. The second kappa shape index (κ2) is 12.8. The lowest BCUT2D eigenvalue weighted by molar-refractivity contribution is -0.117. The molecule has 0 aromatic carbocycles. The Kier molecular flexibility index (Phi) is 10.7. The summed E-state index contributed by atoms with van der Waals surface area (Å²) in [6.45, 7) is 6.66. The predicted molar refractivity (Wildman–Crippen MR) is 127 cm³/mol. The standard InChI is InChI=1S/C20H32N3O10PS/c1-5-30-19(27)21-12-20(3,4)17(25)35-9-8-31-34(28,29)32-11-14-10-13(2)16(33-14)23-7-6-15(24)22-18(23)26/h6-7,13-14,16H,5,8-12H2,1-4H3,(H,21,27)(H,28,29)(H,22,24,26)/t13-,14-,16+/m0/s1. The van der Waals surface area contributed by atoms with Gasteiger partial charge in [0.25, 0.3) is 5.56 Å². The summed E-state index contributed by atoms with van der Waals surface area (Å²) in [7, 11) is -4.40. The van der Waals surface area contributed by atoms with E-state index in [4.69, 9.17) is 18.5 Å². The number of phosphoric ester groups is 1. The first-order chi connectivity index (χ1) is 16.3. The van der Waals surface area contributed by atoms with Gasteiger partial charge in [0.2, 0.25) is 0 Å². The maximum Gasteiger partial charge on any atom is 0.472 e. The largest absolute Gasteiger partial charge is 0.472 e. The van der Waals surface area contributed by atoms with E-state index in [1.54, 1.807) is 20.8 Å². The van der Waals surface area contributed by atoms with Gasteiger partial charge >= 0.3 is 19.6 Å². The molecule has 1 amide bonds. The molecule has 0 radical (unpaired) electrons. The van der Waals surface area contributed by atoms with E-state index in [0.29, 0.717) is 6.42 Å². The molecule has 0 aliphatic carbocycles. The van der Waals surface area contributed by atoms with Gasteiger partial charge in [0.15, 0.2) is 5.12 Å². The van der Waals surface area contributed by atoms with Crippen molar-refractivity contribution in [1.29, 1.82) is 0 Å². The van der Waals surface area contributed by atoms with Crippen LogP contribution in [0.25, 0.3) is 0 Å². The molecular weight excluding hydrogens is 505 g/mol. The quantitative estimate of drug-likeness (QED) is 0.261. The molecule has 1 aliphatic rings. The Morgan fingerprint density at radius 3 is 2.74 bits per heavy atom.